The van der Waals surface area contributed by atoms with Gasteiger partial charge in [0.1, 0.15) is 0 Å². The fourth-order valence-electron chi connectivity index (χ4n) is 3.95. The monoisotopic (exact) mass is 482 g/mol. The van der Waals surface area contributed by atoms with Crippen molar-refractivity contribution in [3.8, 4) is 16.8 Å². The topological polar surface area (TPSA) is 90.0 Å². The first-order valence-corrected chi connectivity index (χ1v) is 11.6. The van der Waals surface area contributed by atoms with E-state index in [0.29, 0.717) is 11.3 Å². The van der Waals surface area contributed by atoms with Gasteiger partial charge in [-0.05, 0) is 57.4 Å². The van der Waals surface area contributed by atoms with E-state index in [1.807, 2.05) is 42.5 Å². The van der Waals surface area contributed by atoms with Gasteiger partial charge in [-0.3, -0.25) is 4.72 Å². The summed E-state index contributed by atoms with van der Waals surface area (Å²) in [6, 6.07) is 22.5. The van der Waals surface area contributed by atoms with Crippen LogP contribution in [0.5, 0.6) is 0 Å². The molecular formula is C24H17F3N4O2S. The van der Waals surface area contributed by atoms with Crippen LogP contribution in [0, 0.1) is 0 Å². The third-order valence-corrected chi connectivity index (χ3v) is 5.95. The van der Waals surface area contributed by atoms with Gasteiger partial charge >= 0.3 is 6.18 Å². The molecule has 6 nitrogen and oxygen atoms in total. The summed E-state index contributed by atoms with van der Waals surface area (Å²) in [6.07, 6.45) is -3.36. The Bertz CT molecular complexity index is 1640. The van der Waals surface area contributed by atoms with Gasteiger partial charge < -0.3 is 0 Å². The smallest absolute Gasteiger partial charge is 0.271 e. The van der Waals surface area contributed by atoms with E-state index in [1.54, 1.807) is 12.1 Å². The maximum Gasteiger partial charge on any atom is 0.435 e. The second-order valence-electron chi connectivity index (χ2n) is 7.75. The molecule has 172 valence electrons. The van der Waals surface area contributed by atoms with Crippen LogP contribution < -0.4 is 9.86 Å². The van der Waals surface area contributed by atoms with Crippen molar-refractivity contribution in [2.45, 2.75) is 6.18 Å². The van der Waals surface area contributed by atoms with Gasteiger partial charge in [0.15, 0.2) is 5.69 Å². The van der Waals surface area contributed by atoms with E-state index in [2.05, 4.69) is 9.82 Å². The highest BCUT2D eigenvalue weighted by Crippen LogP contribution is 2.38. The Morgan fingerprint density at radius 3 is 2.24 bits per heavy atom. The number of nitrogens with zero attached hydrogens (tertiary/aromatic N) is 2. The van der Waals surface area contributed by atoms with Crippen LogP contribution in [-0.4, -0.2) is 18.2 Å². The van der Waals surface area contributed by atoms with E-state index < -0.39 is 22.1 Å². The van der Waals surface area contributed by atoms with Crippen LogP contribution in [-0.2, 0) is 16.4 Å². The van der Waals surface area contributed by atoms with Gasteiger partial charge in [0.05, 0.1) is 5.69 Å². The number of benzene rings is 4. The number of halogens is 3. The van der Waals surface area contributed by atoms with E-state index in [9.17, 15) is 21.6 Å². The number of nitrogens with one attached hydrogen (secondary N) is 1. The van der Waals surface area contributed by atoms with Crippen molar-refractivity contribution in [1.82, 2.24) is 9.78 Å². The lowest BCUT2D eigenvalue weighted by Gasteiger charge is -2.08. The van der Waals surface area contributed by atoms with Crippen LogP contribution in [0.25, 0.3) is 38.4 Å². The molecule has 4 aromatic carbocycles. The summed E-state index contributed by atoms with van der Waals surface area (Å²) < 4.78 is 67.1. The van der Waals surface area contributed by atoms with Crippen molar-refractivity contribution in [2.24, 2.45) is 5.14 Å². The Morgan fingerprint density at radius 2 is 1.53 bits per heavy atom. The van der Waals surface area contributed by atoms with Crippen LogP contribution in [0.2, 0.25) is 0 Å². The highest BCUT2D eigenvalue weighted by Gasteiger charge is 2.37. The minimum absolute atomic E-state index is 0.0608. The zero-order chi connectivity index (χ0) is 24.1. The van der Waals surface area contributed by atoms with Gasteiger partial charge in [0, 0.05) is 17.4 Å². The predicted octanol–water partition coefficient (Wildman–Crippen LogP) is 5.48. The minimum Gasteiger partial charge on any atom is -0.271 e. The normalized spacial score (nSPS) is 12.4. The molecule has 0 saturated carbocycles. The van der Waals surface area contributed by atoms with E-state index in [1.165, 1.54) is 30.5 Å². The lowest BCUT2D eigenvalue weighted by Crippen LogP contribution is -2.21. The number of hydrogen-bond acceptors (Lipinski definition) is 3. The van der Waals surface area contributed by atoms with Crippen LogP contribution in [0.4, 0.5) is 18.9 Å². The van der Waals surface area contributed by atoms with Crippen molar-refractivity contribution >= 4 is 37.4 Å². The molecular weight excluding hydrogens is 465 g/mol. The average molecular weight is 482 g/mol. The summed E-state index contributed by atoms with van der Waals surface area (Å²) in [5.41, 5.74) is -0.192. The van der Waals surface area contributed by atoms with Crippen LogP contribution >= 0.6 is 0 Å². The molecule has 0 aliphatic rings. The fraction of sp³-hybridized carbons (Fsp3) is 0.0417. The van der Waals surface area contributed by atoms with Crippen molar-refractivity contribution in [3.05, 3.63) is 90.8 Å². The Kier molecular flexibility index (Phi) is 5.07. The van der Waals surface area contributed by atoms with Gasteiger partial charge in [-0.15, -0.1) is 0 Å². The second kappa shape index (κ2) is 7.86. The van der Waals surface area contributed by atoms with Gasteiger partial charge in [-0.2, -0.15) is 26.7 Å². The molecule has 34 heavy (non-hydrogen) atoms. The number of anilines is 1. The molecule has 3 N–H and O–H groups in total. The minimum atomic E-state index is -4.67. The molecule has 0 spiro atoms. The lowest BCUT2D eigenvalue weighted by molar-refractivity contribution is -0.140. The molecule has 5 rings (SSSR count). The molecule has 0 aliphatic heterocycles. The van der Waals surface area contributed by atoms with Gasteiger partial charge in [0.25, 0.3) is 10.2 Å². The van der Waals surface area contributed by atoms with Crippen LogP contribution in [0.3, 0.4) is 0 Å². The SMILES string of the molecule is NS(=O)(=O)Nc1ccc(-n2cc(-c3ccc4c(ccc5ccccc54)c3)c(C(F)(F)F)n2)cc1. The Hall–Kier alpha value is -3.89. The summed E-state index contributed by atoms with van der Waals surface area (Å²) in [4.78, 5) is 0. The zero-order valence-corrected chi connectivity index (χ0v) is 18.2. The van der Waals surface area contributed by atoms with E-state index in [4.69, 9.17) is 5.14 Å². The molecule has 0 bridgehead atoms. The molecule has 0 aliphatic carbocycles. The number of rotatable bonds is 4. The molecule has 1 heterocycles. The highest BCUT2D eigenvalue weighted by molar-refractivity contribution is 7.90. The van der Waals surface area contributed by atoms with E-state index in [0.717, 1.165) is 26.2 Å². The summed E-state index contributed by atoms with van der Waals surface area (Å²) in [7, 11) is -3.97. The van der Waals surface area contributed by atoms with Crippen molar-refractivity contribution < 1.29 is 21.6 Å². The van der Waals surface area contributed by atoms with Crippen LogP contribution in [0.15, 0.2) is 85.1 Å². The van der Waals surface area contributed by atoms with Gasteiger partial charge in [-0.25, -0.2) is 9.82 Å². The van der Waals surface area contributed by atoms with E-state index in [-0.39, 0.29) is 11.3 Å². The van der Waals surface area contributed by atoms with Crippen molar-refractivity contribution in [2.75, 3.05) is 4.72 Å². The van der Waals surface area contributed by atoms with Gasteiger partial charge in [0.2, 0.25) is 0 Å². The molecule has 10 heteroatoms. The number of hydrogen-bond donors (Lipinski definition) is 2. The average Bonchev–Trinajstić information content (AvgIpc) is 3.24. The second-order valence-corrected chi connectivity index (χ2v) is 9.04. The standard InChI is InChI=1S/C24H17F3N4O2S/c25-24(26,27)23-22(14-31(29-23)19-10-8-18(9-11-19)30-34(28,32)33)17-7-12-21-16(13-17)6-5-15-3-1-2-4-20(15)21/h1-14,30H,(H2,28,32,33). The summed E-state index contributed by atoms with van der Waals surface area (Å²) >= 11 is 0. The molecule has 0 fully saturated rings. The molecule has 0 saturated heterocycles. The van der Waals surface area contributed by atoms with Crippen molar-refractivity contribution in [1.29, 1.82) is 0 Å². The molecule has 0 unspecified atom stereocenters. The van der Waals surface area contributed by atoms with Crippen molar-refractivity contribution in [3.63, 3.8) is 0 Å². The highest BCUT2D eigenvalue weighted by atomic mass is 32.2. The Balaban J connectivity index is 1.60. The largest absolute Gasteiger partial charge is 0.435 e. The fourth-order valence-corrected chi connectivity index (χ4v) is 4.42. The molecule has 0 atom stereocenters. The number of fused-ring (bicyclic) bond motifs is 3. The molecule has 5 aromatic rings. The quantitative estimate of drug-likeness (QED) is 0.333. The summed E-state index contributed by atoms with van der Waals surface area (Å²) in [5, 5.41) is 12.6. The maximum atomic E-state index is 13.9. The first-order valence-electron chi connectivity index (χ1n) is 10.1. The zero-order valence-electron chi connectivity index (χ0n) is 17.4. The molecule has 0 amide bonds. The maximum absolute atomic E-state index is 13.9. The Labute approximate surface area is 192 Å². The first-order chi connectivity index (χ1) is 16.1. The lowest BCUT2D eigenvalue weighted by atomic mass is 9.97. The Morgan fingerprint density at radius 1 is 0.853 bits per heavy atom. The number of alkyl halides is 3. The summed E-state index contributed by atoms with van der Waals surface area (Å²) in [6.45, 7) is 0. The van der Waals surface area contributed by atoms with Crippen LogP contribution in [0.1, 0.15) is 5.69 Å². The van der Waals surface area contributed by atoms with Gasteiger partial charge in [-0.1, -0.05) is 48.5 Å². The molecule has 0 radical (unpaired) electrons. The third kappa shape index (κ3) is 4.20. The number of nitrogens with two attached hydrogens (primary N) is 1. The van der Waals surface area contributed by atoms with E-state index >= 15 is 0 Å². The molecule has 1 aromatic heterocycles. The summed E-state index contributed by atoms with van der Waals surface area (Å²) in [5.74, 6) is 0. The first kappa shape index (κ1) is 21.9. The predicted molar refractivity (Wildman–Crippen MR) is 126 cm³/mol. The number of aromatic nitrogens is 2. The third-order valence-electron chi connectivity index (χ3n) is 5.43.